The zero-order valence-electron chi connectivity index (χ0n) is 14.9. The predicted octanol–water partition coefficient (Wildman–Crippen LogP) is 2.68. The number of aromatic nitrogens is 4. The maximum atomic E-state index is 13.1. The van der Waals surface area contributed by atoms with Gasteiger partial charge in [0, 0.05) is 6.07 Å². The summed E-state index contributed by atoms with van der Waals surface area (Å²) in [6, 6.07) is 7.36. The summed E-state index contributed by atoms with van der Waals surface area (Å²) in [6.07, 6.45) is 0. The topological polar surface area (TPSA) is 108 Å². The molecule has 0 atom stereocenters. The Morgan fingerprint density at radius 3 is 2.48 bits per heavy atom. The molecule has 0 fully saturated rings. The van der Waals surface area contributed by atoms with Gasteiger partial charge in [-0.25, -0.2) is 9.07 Å². The molecule has 3 rings (SSSR count). The number of benzene rings is 1. The summed E-state index contributed by atoms with van der Waals surface area (Å²) < 4.78 is 15.9. The van der Waals surface area contributed by atoms with E-state index in [4.69, 9.17) is 0 Å². The number of amides is 1. The highest BCUT2D eigenvalue weighted by atomic mass is 19.1. The maximum absolute atomic E-state index is 13.1. The van der Waals surface area contributed by atoms with Crippen LogP contribution in [-0.2, 0) is 11.3 Å². The van der Waals surface area contributed by atoms with Crippen LogP contribution in [0.25, 0.3) is 5.69 Å². The Hall–Kier alpha value is -3.56. The number of nitro groups is 1. The summed E-state index contributed by atoms with van der Waals surface area (Å²) >= 11 is 0. The molecule has 9 nitrogen and oxygen atoms in total. The predicted molar refractivity (Wildman–Crippen MR) is 95.2 cm³/mol. The highest BCUT2D eigenvalue weighted by Crippen LogP contribution is 2.22. The quantitative estimate of drug-likeness (QED) is 0.547. The van der Waals surface area contributed by atoms with Crippen LogP contribution in [0, 0.1) is 36.7 Å². The number of halogens is 1. The van der Waals surface area contributed by atoms with Crippen molar-refractivity contribution in [2.45, 2.75) is 27.3 Å². The van der Waals surface area contributed by atoms with Crippen LogP contribution in [0.5, 0.6) is 0 Å². The Labute approximate surface area is 153 Å². The SMILES string of the molecule is Cc1cc(NC(=O)Cn2nc(C)c([N+](=O)[O-])c2C)n(-c2ccc(F)cc2)n1. The Morgan fingerprint density at radius 1 is 1.22 bits per heavy atom. The van der Waals surface area contributed by atoms with E-state index in [-0.39, 0.29) is 23.7 Å². The standard InChI is InChI=1S/C17H17FN6O3/c1-10-8-15(23(20-10)14-6-4-13(18)5-7-14)19-16(25)9-22-12(3)17(24(26)27)11(2)21-22/h4-8H,9H2,1-3H3,(H,19,25). The van der Waals surface area contributed by atoms with Crippen molar-refractivity contribution in [1.29, 1.82) is 0 Å². The lowest BCUT2D eigenvalue weighted by Crippen LogP contribution is -2.22. The molecule has 1 amide bonds. The van der Waals surface area contributed by atoms with E-state index >= 15 is 0 Å². The van der Waals surface area contributed by atoms with Gasteiger partial charge in [-0.1, -0.05) is 0 Å². The van der Waals surface area contributed by atoms with E-state index in [0.717, 1.165) is 0 Å². The minimum Gasteiger partial charge on any atom is -0.309 e. The van der Waals surface area contributed by atoms with E-state index in [0.29, 0.717) is 22.9 Å². The first kappa shape index (κ1) is 18.2. The molecule has 140 valence electrons. The van der Waals surface area contributed by atoms with Crippen molar-refractivity contribution in [3.05, 3.63) is 63.3 Å². The van der Waals surface area contributed by atoms with Crippen LogP contribution in [0.1, 0.15) is 17.1 Å². The third-order valence-electron chi connectivity index (χ3n) is 3.99. The van der Waals surface area contributed by atoms with E-state index in [9.17, 15) is 19.3 Å². The van der Waals surface area contributed by atoms with Crippen molar-refractivity contribution in [3.63, 3.8) is 0 Å². The molecular formula is C17H17FN6O3. The molecule has 1 N–H and O–H groups in total. The number of hydrogen-bond donors (Lipinski definition) is 1. The Morgan fingerprint density at radius 2 is 1.89 bits per heavy atom. The van der Waals surface area contributed by atoms with Crippen molar-refractivity contribution in [3.8, 4) is 5.69 Å². The first-order valence-corrected chi connectivity index (χ1v) is 8.07. The number of anilines is 1. The van der Waals surface area contributed by atoms with Gasteiger partial charge in [-0.05, 0) is 45.0 Å². The van der Waals surface area contributed by atoms with Crippen molar-refractivity contribution < 1.29 is 14.1 Å². The fourth-order valence-corrected chi connectivity index (χ4v) is 2.79. The van der Waals surface area contributed by atoms with Crippen molar-refractivity contribution in [1.82, 2.24) is 19.6 Å². The van der Waals surface area contributed by atoms with Gasteiger partial charge in [-0.2, -0.15) is 10.2 Å². The molecule has 0 spiro atoms. The Kier molecular flexibility index (Phi) is 4.72. The first-order valence-electron chi connectivity index (χ1n) is 8.07. The molecule has 27 heavy (non-hydrogen) atoms. The lowest BCUT2D eigenvalue weighted by molar-refractivity contribution is -0.386. The maximum Gasteiger partial charge on any atom is 0.312 e. The van der Waals surface area contributed by atoms with Crippen LogP contribution in [0.4, 0.5) is 15.9 Å². The van der Waals surface area contributed by atoms with Crippen LogP contribution in [0.3, 0.4) is 0 Å². The average Bonchev–Trinajstić information content (AvgIpc) is 3.07. The lowest BCUT2D eigenvalue weighted by atomic mass is 10.3. The number of aryl methyl sites for hydroxylation is 2. The van der Waals surface area contributed by atoms with Crippen LogP contribution < -0.4 is 5.32 Å². The van der Waals surface area contributed by atoms with Gasteiger partial charge in [0.1, 0.15) is 29.6 Å². The van der Waals surface area contributed by atoms with Gasteiger partial charge in [-0.15, -0.1) is 0 Å². The molecule has 2 heterocycles. The van der Waals surface area contributed by atoms with Crippen LogP contribution >= 0.6 is 0 Å². The van der Waals surface area contributed by atoms with Gasteiger partial charge < -0.3 is 5.32 Å². The van der Waals surface area contributed by atoms with Crippen LogP contribution in [0.15, 0.2) is 30.3 Å². The zero-order valence-corrected chi connectivity index (χ0v) is 14.9. The molecule has 0 radical (unpaired) electrons. The average molecular weight is 372 g/mol. The van der Waals surface area contributed by atoms with Crippen LogP contribution in [0.2, 0.25) is 0 Å². The Balaban J connectivity index is 1.82. The highest BCUT2D eigenvalue weighted by molar-refractivity contribution is 5.90. The van der Waals surface area contributed by atoms with E-state index < -0.39 is 10.8 Å². The van der Waals surface area contributed by atoms with Crippen LogP contribution in [-0.4, -0.2) is 30.4 Å². The van der Waals surface area contributed by atoms with Gasteiger partial charge in [0.15, 0.2) is 0 Å². The summed E-state index contributed by atoms with van der Waals surface area (Å²) in [4.78, 5) is 23.0. The molecule has 0 saturated carbocycles. The third kappa shape index (κ3) is 3.68. The van der Waals surface area contributed by atoms with Crippen molar-refractivity contribution in [2.75, 3.05) is 5.32 Å². The fraction of sp³-hybridized carbons (Fsp3) is 0.235. The molecule has 1 aromatic carbocycles. The number of nitrogens with zero attached hydrogens (tertiary/aromatic N) is 5. The highest BCUT2D eigenvalue weighted by Gasteiger charge is 2.23. The third-order valence-corrected chi connectivity index (χ3v) is 3.99. The summed E-state index contributed by atoms with van der Waals surface area (Å²) in [7, 11) is 0. The summed E-state index contributed by atoms with van der Waals surface area (Å²) in [6.45, 7) is 4.64. The van der Waals surface area contributed by atoms with Crippen molar-refractivity contribution in [2.24, 2.45) is 0 Å². The second kappa shape index (κ2) is 6.98. The number of carbonyl (C=O) groups excluding carboxylic acids is 1. The van der Waals surface area contributed by atoms with Gasteiger partial charge in [0.05, 0.1) is 16.3 Å². The number of nitrogens with one attached hydrogen (secondary N) is 1. The second-order valence-corrected chi connectivity index (χ2v) is 6.04. The molecule has 0 unspecified atom stereocenters. The van der Waals surface area contributed by atoms with E-state index in [2.05, 4.69) is 15.5 Å². The molecule has 0 saturated heterocycles. The molecular weight excluding hydrogens is 355 g/mol. The molecule has 0 aliphatic carbocycles. The minimum atomic E-state index is -0.515. The molecule has 3 aromatic rings. The van der Waals surface area contributed by atoms with Gasteiger partial charge in [0.2, 0.25) is 5.91 Å². The fourth-order valence-electron chi connectivity index (χ4n) is 2.79. The molecule has 0 aliphatic rings. The first-order chi connectivity index (χ1) is 12.8. The number of hydrogen-bond acceptors (Lipinski definition) is 5. The summed E-state index contributed by atoms with van der Waals surface area (Å²) in [5.74, 6) is -0.391. The largest absolute Gasteiger partial charge is 0.312 e. The molecule has 0 aliphatic heterocycles. The second-order valence-electron chi connectivity index (χ2n) is 6.04. The lowest BCUT2D eigenvalue weighted by Gasteiger charge is -2.09. The van der Waals surface area contributed by atoms with Gasteiger partial charge in [0.25, 0.3) is 0 Å². The molecule has 2 aromatic heterocycles. The molecule has 10 heteroatoms. The van der Waals surface area contributed by atoms with E-state index in [1.54, 1.807) is 32.0 Å². The van der Waals surface area contributed by atoms with Gasteiger partial charge in [-0.3, -0.25) is 19.6 Å². The number of rotatable bonds is 5. The van der Waals surface area contributed by atoms with E-state index in [1.165, 1.54) is 28.4 Å². The van der Waals surface area contributed by atoms with E-state index in [1.807, 2.05) is 0 Å². The smallest absolute Gasteiger partial charge is 0.309 e. The Bertz CT molecular complexity index is 1020. The summed E-state index contributed by atoms with van der Waals surface area (Å²) in [5, 5.41) is 22.1. The number of carbonyl (C=O) groups is 1. The van der Waals surface area contributed by atoms with Gasteiger partial charge >= 0.3 is 5.69 Å². The van der Waals surface area contributed by atoms with Crippen molar-refractivity contribution >= 4 is 17.4 Å². The normalized spacial score (nSPS) is 10.8. The molecule has 0 bridgehead atoms. The zero-order chi connectivity index (χ0) is 19.7. The minimum absolute atomic E-state index is 0.102. The summed E-state index contributed by atoms with van der Waals surface area (Å²) in [5.41, 5.74) is 1.70. The monoisotopic (exact) mass is 372 g/mol.